The molecule has 0 heterocycles. The number of carbonyl (C=O) groups is 1. The minimum Gasteiger partial charge on any atom is -0.356 e. The second-order valence-electron chi connectivity index (χ2n) is 5.25. The Kier molecular flexibility index (Phi) is 7.91. The minimum atomic E-state index is 0.255. The summed E-state index contributed by atoms with van der Waals surface area (Å²) in [6.07, 6.45) is 9.55. The van der Waals surface area contributed by atoms with Crippen molar-refractivity contribution in [2.24, 2.45) is 11.8 Å². The van der Waals surface area contributed by atoms with Gasteiger partial charge in [0, 0.05) is 18.3 Å². The van der Waals surface area contributed by atoms with E-state index in [1.807, 2.05) is 0 Å². The van der Waals surface area contributed by atoms with Crippen molar-refractivity contribution in [2.45, 2.75) is 58.3 Å². The Labute approximate surface area is 114 Å². The fourth-order valence-electron chi connectivity index (χ4n) is 2.59. The normalized spacial score (nSPS) is 18.2. The van der Waals surface area contributed by atoms with E-state index < -0.39 is 0 Å². The van der Waals surface area contributed by atoms with Crippen LogP contribution in [-0.4, -0.2) is 17.8 Å². The molecule has 0 aliphatic heterocycles. The first kappa shape index (κ1) is 15.0. The highest BCUT2D eigenvalue weighted by Gasteiger charge is 2.16. The maximum absolute atomic E-state index is 11.7. The van der Waals surface area contributed by atoms with Gasteiger partial charge in [-0.2, -0.15) is 0 Å². The summed E-state index contributed by atoms with van der Waals surface area (Å²) in [5, 5.41) is 4.11. The Bertz CT molecular complexity index is 214. The summed E-state index contributed by atoms with van der Waals surface area (Å²) in [6, 6.07) is 0. The summed E-state index contributed by atoms with van der Waals surface area (Å²) in [6.45, 7) is 3.05. The van der Waals surface area contributed by atoms with Crippen molar-refractivity contribution in [3.63, 3.8) is 0 Å². The van der Waals surface area contributed by atoms with Gasteiger partial charge in [0.05, 0.1) is 0 Å². The molecule has 1 N–H and O–H groups in total. The highest BCUT2D eigenvalue weighted by molar-refractivity contribution is 9.09. The van der Waals surface area contributed by atoms with Gasteiger partial charge >= 0.3 is 0 Å². The lowest BCUT2D eigenvalue weighted by Gasteiger charge is -2.15. The summed E-state index contributed by atoms with van der Waals surface area (Å²) in [5.41, 5.74) is 0. The fraction of sp³-hybridized carbons (Fsp3) is 0.929. The van der Waals surface area contributed by atoms with Crippen LogP contribution in [0.2, 0.25) is 0 Å². The molecule has 0 radical (unpaired) electrons. The van der Waals surface area contributed by atoms with Crippen LogP contribution >= 0.6 is 15.9 Å². The molecule has 1 saturated carbocycles. The number of alkyl halides is 1. The van der Waals surface area contributed by atoms with Crippen LogP contribution in [0, 0.1) is 11.8 Å². The molecule has 0 aromatic heterocycles. The number of rotatable bonds is 8. The van der Waals surface area contributed by atoms with E-state index in [1.54, 1.807) is 0 Å². The van der Waals surface area contributed by atoms with Crippen LogP contribution in [0.1, 0.15) is 58.3 Å². The van der Waals surface area contributed by atoms with E-state index in [2.05, 4.69) is 28.2 Å². The fourth-order valence-corrected chi connectivity index (χ4v) is 3.23. The standard InChI is InChI=1S/C14H26BrNO/c1-2-12(9-10-15)11-16-14(17)8-7-13-5-3-4-6-13/h12-13H,2-11H2,1H3,(H,16,17). The van der Waals surface area contributed by atoms with E-state index in [1.165, 1.54) is 25.7 Å². The predicted molar refractivity (Wildman–Crippen MR) is 76.4 cm³/mol. The van der Waals surface area contributed by atoms with Gasteiger partial charge in [0.25, 0.3) is 0 Å². The molecule has 2 nitrogen and oxygen atoms in total. The molecule has 0 bridgehead atoms. The van der Waals surface area contributed by atoms with Crippen LogP contribution in [0.4, 0.5) is 0 Å². The lowest BCUT2D eigenvalue weighted by Crippen LogP contribution is -2.29. The second kappa shape index (κ2) is 8.96. The lowest BCUT2D eigenvalue weighted by atomic mass is 10.0. The van der Waals surface area contributed by atoms with E-state index in [4.69, 9.17) is 0 Å². The molecular formula is C14H26BrNO. The van der Waals surface area contributed by atoms with Crippen LogP contribution in [0.5, 0.6) is 0 Å². The van der Waals surface area contributed by atoms with E-state index in [0.717, 1.165) is 43.5 Å². The molecular weight excluding hydrogens is 278 g/mol. The van der Waals surface area contributed by atoms with Crippen molar-refractivity contribution in [3.05, 3.63) is 0 Å². The summed E-state index contributed by atoms with van der Waals surface area (Å²) in [5.74, 6) is 1.71. The third-order valence-corrected chi connectivity index (χ3v) is 4.39. The van der Waals surface area contributed by atoms with Gasteiger partial charge in [0.2, 0.25) is 5.91 Å². The zero-order valence-corrected chi connectivity index (χ0v) is 12.6. The first-order valence-corrected chi connectivity index (χ1v) is 8.21. The topological polar surface area (TPSA) is 29.1 Å². The van der Waals surface area contributed by atoms with E-state index >= 15 is 0 Å². The SMILES string of the molecule is CCC(CCBr)CNC(=O)CCC1CCCC1. The van der Waals surface area contributed by atoms with Crippen LogP contribution in [0.3, 0.4) is 0 Å². The highest BCUT2D eigenvalue weighted by Crippen LogP contribution is 2.28. The molecule has 1 fully saturated rings. The minimum absolute atomic E-state index is 0.255. The maximum atomic E-state index is 11.7. The van der Waals surface area contributed by atoms with E-state index in [0.29, 0.717) is 5.92 Å². The van der Waals surface area contributed by atoms with Gasteiger partial charge in [-0.15, -0.1) is 0 Å². The molecule has 1 unspecified atom stereocenters. The Morgan fingerprint density at radius 3 is 2.71 bits per heavy atom. The molecule has 1 rings (SSSR count). The van der Waals surface area contributed by atoms with Crippen LogP contribution < -0.4 is 5.32 Å². The Hall–Kier alpha value is -0.0500. The van der Waals surface area contributed by atoms with Crippen molar-refractivity contribution in [1.82, 2.24) is 5.32 Å². The van der Waals surface area contributed by atoms with Crippen molar-refractivity contribution in [3.8, 4) is 0 Å². The average Bonchev–Trinajstić information content (AvgIpc) is 2.85. The Morgan fingerprint density at radius 2 is 2.12 bits per heavy atom. The molecule has 100 valence electrons. The van der Waals surface area contributed by atoms with Crippen molar-refractivity contribution >= 4 is 21.8 Å². The van der Waals surface area contributed by atoms with Crippen LogP contribution in [-0.2, 0) is 4.79 Å². The number of hydrogen-bond acceptors (Lipinski definition) is 1. The van der Waals surface area contributed by atoms with Gasteiger partial charge in [-0.1, -0.05) is 55.0 Å². The quantitative estimate of drug-likeness (QED) is 0.677. The molecule has 0 spiro atoms. The first-order valence-electron chi connectivity index (χ1n) is 7.09. The molecule has 1 aliphatic carbocycles. The molecule has 1 aliphatic rings. The molecule has 1 amide bonds. The van der Waals surface area contributed by atoms with Gasteiger partial charge in [-0.25, -0.2) is 0 Å². The number of nitrogens with one attached hydrogen (secondary N) is 1. The van der Waals surface area contributed by atoms with Gasteiger partial charge in [0.1, 0.15) is 0 Å². The maximum Gasteiger partial charge on any atom is 0.220 e. The monoisotopic (exact) mass is 303 g/mol. The Balaban J connectivity index is 2.07. The van der Waals surface area contributed by atoms with Crippen LogP contribution in [0.25, 0.3) is 0 Å². The molecule has 0 aromatic rings. The van der Waals surface area contributed by atoms with Gasteiger partial charge in [0.15, 0.2) is 0 Å². The molecule has 3 heteroatoms. The van der Waals surface area contributed by atoms with Crippen molar-refractivity contribution < 1.29 is 4.79 Å². The molecule has 1 atom stereocenters. The van der Waals surface area contributed by atoms with Gasteiger partial charge in [-0.3, -0.25) is 4.79 Å². The first-order chi connectivity index (χ1) is 8.26. The van der Waals surface area contributed by atoms with Crippen molar-refractivity contribution in [2.75, 3.05) is 11.9 Å². The summed E-state index contributed by atoms with van der Waals surface area (Å²) >= 11 is 3.46. The summed E-state index contributed by atoms with van der Waals surface area (Å²) in [4.78, 5) is 11.7. The van der Waals surface area contributed by atoms with Gasteiger partial charge < -0.3 is 5.32 Å². The third-order valence-electron chi connectivity index (χ3n) is 3.94. The van der Waals surface area contributed by atoms with E-state index in [-0.39, 0.29) is 5.91 Å². The zero-order chi connectivity index (χ0) is 12.5. The second-order valence-corrected chi connectivity index (χ2v) is 6.04. The zero-order valence-electron chi connectivity index (χ0n) is 11.0. The highest BCUT2D eigenvalue weighted by atomic mass is 79.9. The summed E-state index contributed by atoms with van der Waals surface area (Å²) in [7, 11) is 0. The number of amides is 1. The summed E-state index contributed by atoms with van der Waals surface area (Å²) < 4.78 is 0. The lowest BCUT2D eigenvalue weighted by molar-refractivity contribution is -0.121. The number of carbonyl (C=O) groups excluding carboxylic acids is 1. The van der Waals surface area contributed by atoms with E-state index in [9.17, 15) is 4.79 Å². The Morgan fingerprint density at radius 1 is 1.41 bits per heavy atom. The third kappa shape index (κ3) is 6.44. The molecule has 0 saturated heterocycles. The average molecular weight is 304 g/mol. The number of hydrogen-bond donors (Lipinski definition) is 1. The predicted octanol–water partition coefficient (Wildman–Crippen LogP) is 3.88. The number of halogens is 1. The van der Waals surface area contributed by atoms with Crippen molar-refractivity contribution in [1.29, 1.82) is 0 Å². The van der Waals surface area contributed by atoms with Gasteiger partial charge in [-0.05, 0) is 24.7 Å². The molecule has 0 aromatic carbocycles. The van der Waals surface area contributed by atoms with Crippen LogP contribution in [0.15, 0.2) is 0 Å². The smallest absolute Gasteiger partial charge is 0.220 e. The largest absolute Gasteiger partial charge is 0.356 e. The molecule has 17 heavy (non-hydrogen) atoms.